The number of hydrogen-bond acceptors (Lipinski definition) is 33. The second-order valence-electron chi connectivity index (χ2n) is 44.5. The van der Waals surface area contributed by atoms with Gasteiger partial charge in [-0.25, -0.2) is 0 Å². The predicted molar refractivity (Wildman–Crippen MR) is 559 cm³/mol. The first-order valence-corrected chi connectivity index (χ1v) is 55.2. The van der Waals surface area contributed by atoms with Crippen LogP contribution in [0.2, 0.25) is 0 Å². The quantitative estimate of drug-likeness (QED) is 0.0466. The molecule has 13 rings (SSSR count). The first-order valence-electron chi connectivity index (χ1n) is 55.2. The van der Waals surface area contributed by atoms with Crippen molar-refractivity contribution in [2.45, 2.75) is 243 Å². The summed E-state index contributed by atoms with van der Waals surface area (Å²) >= 11 is 0. The molecule has 0 aliphatic carbocycles. The lowest BCUT2D eigenvalue weighted by Gasteiger charge is -2.45. The Kier molecular flexibility index (Phi) is 56.1. The molecule has 808 valence electrons. The van der Waals surface area contributed by atoms with Gasteiger partial charge >= 0.3 is 35.8 Å². The number of nitrogens with zero attached hydrogens (tertiary/aromatic N) is 21. The highest BCUT2D eigenvalue weighted by Crippen LogP contribution is 2.31. The number of piperazine rings is 6. The number of ether oxygens (including phenoxy) is 6. The van der Waals surface area contributed by atoms with E-state index in [0.29, 0.717) is 70.4 Å². The molecule has 0 aromatic rings. The molecule has 13 heterocycles. The van der Waals surface area contributed by atoms with Gasteiger partial charge in [0.2, 0.25) is 0 Å². The predicted octanol–water partition coefficient (Wildman–Crippen LogP) is 5.33. The van der Waals surface area contributed by atoms with E-state index in [9.17, 15) is 28.8 Å². The molecule has 13 fully saturated rings. The molecule has 0 aromatic carbocycles. The van der Waals surface area contributed by atoms with Crippen molar-refractivity contribution in [3.63, 3.8) is 0 Å². The van der Waals surface area contributed by atoms with E-state index < -0.39 is 22.6 Å². The van der Waals surface area contributed by atoms with Gasteiger partial charge in [-0.2, -0.15) is 0 Å². The summed E-state index contributed by atoms with van der Waals surface area (Å²) in [6.07, 6.45) is 21.6. The Morgan fingerprint density at radius 3 is 0.813 bits per heavy atom. The summed E-state index contributed by atoms with van der Waals surface area (Å²) < 4.78 is 32.2. The lowest BCUT2D eigenvalue weighted by molar-refractivity contribution is -0.158. The van der Waals surface area contributed by atoms with Gasteiger partial charge in [-0.15, -0.1) is 0 Å². The van der Waals surface area contributed by atoms with Crippen LogP contribution in [0.15, 0.2) is 0 Å². The van der Waals surface area contributed by atoms with E-state index in [0.717, 1.165) is 213 Å². The number of unbranched alkanes of at least 4 members (excludes halogenated alkanes) is 1. The van der Waals surface area contributed by atoms with E-state index in [1.165, 1.54) is 222 Å². The van der Waals surface area contributed by atoms with Crippen LogP contribution in [0.25, 0.3) is 0 Å². The van der Waals surface area contributed by atoms with Crippen LogP contribution < -0.4 is 0 Å². The van der Waals surface area contributed by atoms with E-state index in [2.05, 4.69) is 147 Å². The Hall–Kier alpha value is -4.06. The molecule has 0 bridgehead atoms. The molecule has 34 nitrogen and oxygen atoms in total. The number of morpholine rings is 1. The average Bonchev–Trinajstić information content (AvgIpc) is 0.816. The third kappa shape index (κ3) is 44.5. The molecule has 13 aliphatic heterocycles. The number of esters is 5. The zero-order valence-electron chi connectivity index (χ0n) is 91.6. The third-order valence-electron chi connectivity index (χ3n) is 32.4. The number of aliphatic carboxylic acids is 1. The van der Waals surface area contributed by atoms with Crippen LogP contribution in [0.5, 0.6) is 0 Å². The zero-order valence-corrected chi connectivity index (χ0v) is 91.6. The molecule has 13 aliphatic rings. The fraction of sp³-hybridized carbons (Fsp3) is 0.943. The minimum Gasteiger partial charge on any atom is -0.481 e. The van der Waals surface area contributed by atoms with E-state index in [-0.39, 0.29) is 29.8 Å². The van der Waals surface area contributed by atoms with Crippen molar-refractivity contribution in [3.8, 4) is 0 Å². The van der Waals surface area contributed by atoms with Crippen molar-refractivity contribution >= 4 is 35.8 Å². The van der Waals surface area contributed by atoms with Crippen LogP contribution in [-0.2, 0) is 57.2 Å². The molecule has 0 amide bonds. The minimum atomic E-state index is -0.674. The summed E-state index contributed by atoms with van der Waals surface area (Å²) in [5.41, 5.74) is -1.59. The smallest absolute Gasteiger partial charge is 0.326 e. The maximum Gasteiger partial charge on any atom is 0.326 e. The Labute approximate surface area is 844 Å². The van der Waals surface area contributed by atoms with Gasteiger partial charge in [-0.05, 0) is 287 Å². The standard InChI is InChI=1S/C20H38N4O3.C19H38N4O2.C18H36N4O2.C18H35N3O2.C16H31N3O2.C14H27N3O2/c1-20(2,19(25)27-17-14-22-12-15-26-16-13-22)24-6-4-18(5-7-24)23-10-8-21(3)9-11-23;1-19(2,18(24)25-16-6-9-20(3)4)23-10-7-17(8-11-23)22-14-12-21(5)13-15-22;1-18(2,17(23)24-15-14-19(3)4)22-8-6-16(7-9-22)21-12-10-20(5)11-13-21;1-3-4-16-23-18(22)6-5-9-20-10-7-17(8-11-20)21-14-12-19(2)13-15-21;1-3-21-16(20)5-4-8-18-9-6-15(7-10-18)19-13-11-17(2)12-14-19;1-15-9-11-17(12-10-15)13-4-7-16(8-5-13)6-2-3-14(18)19/h18H,4-17H2,1-3H3;17H,6-16H2,1-5H3;16H,6-15H2,1-5H3;17H,3-16H2,1-2H3;15H,3-14H2,1-2H3;13H,2-12H2,1H3,(H,18,19). The summed E-state index contributed by atoms with van der Waals surface area (Å²) in [6, 6.07) is 4.33. The number of piperidine rings is 6. The summed E-state index contributed by atoms with van der Waals surface area (Å²) in [5.74, 6) is -1.01. The van der Waals surface area contributed by atoms with E-state index in [1.54, 1.807) is 0 Å². The van der Waals surface area contributed by atoms with Gasteiger partial charge in [0, 0.05) is 285 Å². The number of carboxylic acids is 1. The Morgan fingerprint density at radius 2 is 0.540 bits per heavy atom. The van der Waals surface area contributed by atoms with Crippen LogP contribution in [0.3, 0.4) is 0 Å². The number of likely N-dealkylation sites (N-methyl/N-ethyl adjacent to an activating group) is 7. The molecule has 0 radical (unpaired) electrons. The number of rotatable bonds is 38. The molecular weight excluding hydrogens is 1760 g/mol. The minimum absolute atomic E-state index is 0.0224. The zero-order chi connectivity index (χ0) is 101. The van der Waals surface area contributed by atoms with Gasteiger partial charge in [0.1, 0.15) is 29.8 Å². The molecule has 0 saturated carbocycles. The number of carbonyl (C=O) groups excluding carboxylic acids is 5. The molecule has 0 spiro atoms. The fourth-order valence-electron chi connectivity index (χ4n) is 21.9. The number of hydrogen-bond donors (Lipinski definition) is 1. The third-order valence-corrected chi connectivity index (χ3v) is 32.4. The van der Waals surface area contributed by atoms with E-state index in [4.69, 9.17) is 33.5 Å². The molecular formula is C105H205N21O13. The highest BCUT2D eigenvalue weighted by Gasteiger charge is 2.44. The van der Waals surface area contributed by atoms with Gasteiger partial charge in [0.05, 0.1) is 33.0 Å². The van der Waals surface area contributed by atoms with Crippen LogP contribution >= 0.6 is 0 Å². The number of carbonyl (C=O) groups is 6. The first kappa shape index (κ1) is 120. The molecule has 0 unspecified atom stereocenters. The number of likely N-dealkylation sites (tertiary alicyclic amines) is 6. The molecule has 13 saturated heterocycles. The van der Waals surface area contributed by atoms with Crippen LogP contribution in [-0.4, -0.2) is 601 Å². The van der Waals surface area contributed by atoms with Crippen molar-refractivity contribution in [2.24, 2.45) is 0 Å². The van der Waals surface area contributed by atoms with Crippen LogP contribution in [0, 0.1) is 0 Å². The van der Waals surface area contributed by atoms with Crippen molar-refractivity contribution < 1.29 is 62.3 Å². The largest absolute Gasteiger partial charge is 0.481 e. The Morgan fingerprint density at radius 1 is 0.288 bits per heavy atom. The Bertz CT molecular complexity index is 3300. The van der Waals surface area contributed by atoms with Crippen molar-refractivity contribution in [1.82, 2.24) is 103 Å². The van der Waals surface area contributed by atoms with Crippen LogP contribution in [0.1, 0.15) is 190 Å². The molecule has 34 heteroatoms. The topological polar surface area (TPSA) is 246 Å². The maximum atomic E-state index is 12.7. The first-order chi connectivity index (χ1) is 66.6. The second kappa shape index (κ2) is 64.9. The maximum absolute atomic E-state index is 12.7. The van der Waals surface area contributed by atoms with Crippen LogP contribution in [0.4, 0.5) is 0 Å². The van der Waals surface area contributed by atoms with Crippen molar-refractivity contribution in [3.05, 3.63) is 0 Å². The SMILES string of the molecule is CCCCOC(=O)CCCN1CCC(N2CCN(C)CC2)CC1.CCOC(=O)CCCN1CCC(N2CCN(C)CC2)CC1.CN(C)CCCOC(=O)C(C)(C)N1CCC(N2CCN(C)CC2)CC1.CN(C)CCOC(=O)C(C)(C)N1CCC(N2CCN(C)CC2)CC1.CN1CCN(C2CCN(C(C)(C)C(=O)OCCN3CCOCC3)CC2)CC1.CN1CCN(C2CCN(CCCC(=O)O)CC2)CC1. The van der Waals surface area contributed by atoms with Gasteiger partial charge < -0.3 is 87.4 Å². The van der Waals surface area contributed by atoms with E-state index in [1.807, 2.05) is 81.6 Å². The second-order valence-corrected chi connectivity index (χ2v) is 44.5. The number of carboxylic acid groups (broad SMARTS) is 1. The summed E-state index contributed by atoms with van der Waals surface area (Å²) in [5, 5.41) is 8.65. The fourth-order valence-corrected chi connectivity index (χ4v) is 21.9. The van der Waals surface area contributed by atoms with Crippen molar-refractivity contribution in [2.75, 3.05) is 405 Å². The van der Waals surface area contributed by atoms with Crippen molar-refractivity contribution in [1.29, 1.82) is 0 Å². The van der Waals surface area contributed by atoms with Gasteiger partial charge in [-0.3, -0.25) is 77.8 Å². The lowest BCUT2D eigenvalue weighted by atomic mass is 9.95. The molecule has 0 atom stereocenters. The highest BCUT2D eigenvalue weighted by atomic mass is 16.6. The average molecular weight is 1970 g/mol. The van der Waals surface area contributed by atoms with Gasteiger partial charge in [-0.1, -0.05) is 13.3 Å². The van der Waals surface area contributed by atoms with Gasteiger partial charge in [0.15, 0.2) is 0 Å². The monoisotopic (exact) mass is 1970 g/mol. The summed E-state index contributed by atoms with van der Waals surface area (Å²) in [7, 11) is 21.3. The normalized spacial score (nSPS) is 23.6. The lowest BCUT2D eigenvalue weighted by Crippen LogP contribution is -2.58. The molecule has 139 heavy (non-hydrogen) atoms. The highest BCUT2D eigenvalue weighted by molar-refractivity contribution is 5.81. The van der Waals surface area contributed by atoms with Gasteiger partial charge in [0.25, 0.3) is 0 Å². The summed E-state index contributed by atoms with van der Waals surface area (Å²) in [4.78, 5) is 122. The molecule has 0 aromatic heterocycles. The Balaban J connectivity index is 0.000000205. The summed E-state index contributed by atoms with van der Waals surface area (Å²) in [6.45, 7) is 69.0. The van der Waals surface area contributed by atoms with E-state index >= 15 is 0 Å². The molecule has 1 N–H and O–H groups in total.